The summed E-state index contributed by atoms with van der Waals surface area (Å²) in [5, 5.41) is 0. The molecular formula is C13H14O3. The van der Waals surface area contributed by atoms with Gasteiger partial charge in [-0.05, 0) is 12.5 Å². The Labute approximate surface area is 94.4 Å². The number of ether oxygens (including phenoxy) is 2. The molecule has 1 aromatic carbocycles. The van der Waals surface area contributed by atoms with Crippen LogP contribution in [0.4, 0.5) is 0 Å². The molecule has 1 atom stereocenters. The Balaban J connectivity index is 1.87. The molecule has 0 saturated carbocycles. The van der Waals surface area contributed by atoms with E-state index in [-0.39, 0.29) is 11.9 Å². The van der Waals surface area contributed by atoms with Gasteiger partial charge in [0.2, 0.25) is 0 Å². The lowest BCUT2D eigenvalue weighted by Crippen LogP contribution is -2.16. The van der Waals surface area contributed by atoms with Gasteiger partial charge in [0.1, 0.15) is 11.9 Å². The molecule has 1 fully saturated rings. The van der Waals surface area contributed by atoms with Crippen LogP contribution in [-0.2, 0) is 11.2 Å². The second-order valence-corrected chi connectivity index (χ2v) is 4.31. The molecule has 1 aliphatic carbocycles. The van der Waals surface area contributed by atoms with E-state index in [1.54, 1.807) is 0 Å². The molecule has 3 nitrogen and oxygen atoms in total. The van der Waals surface area contributed by atoms with Crippen LogP contribution in [0.15, 0.2) is 18.2 Å². The predicted octanol–water partition coefficient (Wildman–Crippen LogP) is 1.98. The number of hydrogen-bond acceptors (Lipinski definition) is 3. The molecule has 1 heterocycles. The molecule has 0 N–H and O–H groups in total. The smallest absolute Gasteiger partial charge is 0.163 e. The lowest BCUT2D eigenvalue weighted by Gasteiger charge is -2.14. The summed E-state index contributed by atoms with van der Waals surface area (Å²) in [5.41, 5.74) is 1.93. The van der Waals surface area contributed by atoms with Crippen molar-refractivity contribution in [3.63, 3.8) is 0 Å². The first kappa shape index (κ1) is 9.85. The molecule has 3 heteroatoms. The number of rotatable bonds is 2. The van der Waals surface area contributed by atoms with E-state index >= 15 is 0 Å². The molecule has 84 valence electrons. The number of carbonyl (C=O) groups excluding carboxylic acids is 1. The summed E-state index contributed by atoms with van der Waals surface area (Å²) in [5.74, 6) is 1.11. The van der Waals surface area contributed by atoms with Gasteiger partial charge in [0.15, 0.2) is 5.78 Å². The Morgan fingerprint density at radius 2 is 2.25 bits per heavy atom. The van der Waals surface area contributed by atoms with Crippen LogP contribution in [-0.4, -0.2) is 25.1 Å². The summed E-state index contributed by atoms with van der Waals surface area (Å²) >= 11 is 0. The minimum absolute atomic E-state index is 0.155. The Morgan fingerprint density at radius 3 is 3.06 bits per heavy atom. The molecule has 16 heavy (non-hydrogen) atoms. The first-order valence-corrected chi connectivity index (χ1v) is 5.74. The molecule has 1 saturated heterocycles. The fraction of sp³-hybridized carbons (Fsp3) is 0.462. The summed E-state index contributed by atoms with van der Waals surface area (Å²) in [6, 6.07) is 5.74. The third kappa shape index (κ3) is 1.61. The highest BCUT2D eigenvalue weighted by Crippen LogP contribution is 2.31. The Morgan fingerprint density at radius 1 is 1.31 bits per heavy atom. The number of ketones is 1. The third-order valence-corrected chi connectivity index (χ3v) is 3.22. The number of hydrogen-bond donors (Lipinski definition) is 0. The third-order valence-electron chi connectivity index (χ3n) is 3.22. The zero-order chi connectivity index (χ0) is 11.0. The molecule has 0 bridgehead atoms. The summed E-state index contributed by atoms with van der Waals surface area (Å²) in [4.78, 5) is 11.6. The molecule has 2 aliphatic rings. The zero-order valence-electron chi connectivity index (χ0n) is 9.07. The van der Waals surface area contributed by atoms with Crippen molar-refractivity contribution < 1.29 is 14.3 Å². The van der Waals surface area contributed by atoms with Crippen LogP contribution in [0.1, 0.15) is 28.8 Å². The first-order chi connectivity index (χ1) is 7.84. The van der Waals surface area contributed by atoms with Crippen molar-refractivity contribution >= 4 is 5.78 Å². The Kier molecular flexibility index (Phi) is 2.40. The summed E-state index contributed by atoms with van der Waals surface area (Å²) in [7, 11) is 0. The second kappa shape index (κ2) is 3.91. The normalized spacial score (nSPS) is 23.5. The van der Waals surface area contributed by atoms with E-state index in [9.17, 15) is 4.79 Å². The van der Waals surface area contributed by atoms with Gasteiger partial charge in [-0.15, -0.1) is 0 Å². The highest BCUT2D eigenvalue weighted by Gasteiger charge is 2.25. The predicted molar refractivity (Wildman–Crippen MR) is 58.9 cm³/mol. The largest absolute Gasteiger partial charge is 0.488 e. The maximum atomic E-state index is 11.6. The molecule has 3 rings (SSSR count). The maximum Gasteiger partial charge on any atom is 0.163 e. The Hall–Kier alpha value is -1.35. The number of fused-ring (bicyclic) bond motifs is 1. The molecule has 0 amide bonds. The lowest BCUT2D eigenvalue weighted by molar-refractivity contribution is 0.0994. The van der Waals surface area contributed by atoms with Crippen LogP contribution in [0.5, 0.6) is 5.75 Å². The summed E-state index contributed by atoms with van der Waals surface area (Å²) in [6.45, 7) is 1.44. The van der Waals surface area contributed by atoms with Gasteiger partial charge < -0.3 is 9.47 Å². The van der Waals surface area contributed by atoms with Crippen LogP contribution in [0.3, 0.4) is 0 Å². The average Bonchev–Trinajstić information content (AvgIpc) is 2.90. The van der Waals surface area contributed by atoms with Crippen LogP contribution in [0.2, 0.25) is 0 Å². The molecule has 1 aliphatic heterocycles. The molecule has 1 aromatic rings. The van der Waals surface area contributed by atoms with Crippen LogP contribution in [0, 0.1) is 0 Å². The van der Waals surface area contributed by atoms with Gasteiger partial charge in [-0.2, -0.15) is 0 Å². The SMILES string of the molecule is O=C1CCc2c(OC3CCOC3)cccc21. The number of benzene rings is 1. The number of Topliss-reactive ketones (excluding diaryl/α,β-unsaturated/α-hetero) is 1. The fourth-order valence-corrected chi connectivity index (χ4v) is 2.35. The molecule has 0 radical (unpaired) electrons. The molecule has 0 aromatic heterocycles. The van der Waals surface area contributed by atoms with Gasteiger partial charge >= 0.3 is 0 Å². The van der Waals surface area contributed by atoms with Crippen molar-refractivity contribution in [1.29, 1.82) is 0 Å². The van der Waals surface area contributed by atoms with E-state index in [1.807, 2.05) is 18.2 Å². The van der Waals surface area contributed by atoms with Crippen LogP contribution in [0.25, 0.3) is 0 Å². The van der Waals surface area contributed by atoms with E-state index in [0.29, 0.717) is 13.0 Å². The van der Waals surface area contributed by atoms with Gasteiger partial charge in [-0.1, -0.05) is 12.1 Å². The van der Waals surface area contributed by atoms with E-state index in [2.05, 4.69) is 0 Å². The quantitative estimate of drug-likeness (QED) is 0.761. The maximum absolute atomic E-state index is 11.6. The average molecular weight is 218 g/mol. The van der Waals surface area contributed by atoms with Crippen molar-refractivity contribution in [2.75, 3.05) is 13.2 Å². The standard InChI is InChI=1S/C13H14O3/c14-12-5-4-11-10(12)2-1-3-13(11)16-9-6-7-15-8-9/h1-3,9H,4-8H2. The van der Waals surface area contributed by atoms with Crippen molar-refractivity contribution in [3.05, 3.63) is 29.3 Å². The van der Waals surface area contributed by atoms with Crippen molar-refractivity contribution in [3.8, 4) is 5.75 Å². The van der Waals surface area contributed by atoms with Crippen molar-refractivity contribution in [1.82, 2.24) is 0 Å². The van der Waals surface area contributed by atoms with Gasteiger partial charge in [-0.3, -0.25) is 4.79 Å². The minimum Gasteiger partial charge on any atom is -0.488 e. The van der Waals surface area contributed by atoms with Gasteiger partial charge in [0.25, 0.3) is 0 Å². The van der Waals surface area contributed by atoms with Gasteiger partial charge in [0.05, 0.1) is 13.2 Å². The molecule has 0 spiro atoms. The fourth-order valence-electron chi connectivity index (χ4n) is 2.35. The van der Waals surface area contributed by atoms with E-state index in [0.717, 1.165) is 36.3 Å². The topological polar surface area (TPSA) is 35.5 Å². The van der Waals surface area contributed by atoms with E-state index in [4.69, 9.17) is 9.47 Å². The number of carbonyl (C=O) groups is 1. The molecular weight excluding hydrogens is 204 g/mol. The summed E-state index contributed by atoms with van der Waals surface area (Å²) in [6.07, 6.45) is 2.54. The second-order valence-electron chi connectivity index (χ2n) is 4.31. The first-order valence-electron chi connectivity index (χ1n) is 5.74. The zero-order valence-corrected chi connectivity index (χ0v) is 9.07. The van der Waals surface area contributed by atoms with Gasteiger partial charge in [0, 0.05) is 24.0 Å². The molecule has 1 unspecified atom stereocenters. The Bertz CT molecular complexity index is 419. The monoisotopic (exact) mass is 218 g/mol. The lowest BCUT2D eigenvalue weighted by atomic mass is 10.1. The van der Waals surface area contributed by atoms with Crippen molar-refractivity contribution in [2.45, 2.75) is 25.4 Å². The highest BCUT2D eigenvalue weighted by atomic mass is 16.5. The minimum atomic E-state index is 0.155. The van der Waals surface area contributed by atoms with Gasteiger partial charge in [-0.25, -0.2) is 0 Å². The van der Waals surface area contributed by atoms with Crippen LogP contribution >= 0.6 is 0 Å². The van der Waals surface area contributed by atoms with E-state index < -0.39 is 0 Å². The van der Waals surface area contributed by atoms with E-state index in [1.165, 1.54) is 0 Å². The summed E-state index contributed by atoms with van der Waals surface area (Å²) < 4.78 is 11.2. The highest BCUT2D eigenvalue weighted by molar-refractivity contribution is 6.01. The van der Waals surface area contributed by atoms with Crippen molar-refractivity contribution in [2.24, 2.45) is 0 Å². The van der Waals surface area contributed by atoms with Crippen LogP contribution < -0.4 is 4.74 Å².